The molecule has 0 aliphatic carbocycles. The number of allylic oxidation sites excluding steroid dienone is 2. The number of esters is 1. The molecule has 0 heterocycles. The van der Waals surface area contributed by atoms with Crippen molar-refractivity contribution < 1.29 is 9.53 Å². The zero-order chi connectivity index (χ0) is 15.4. The SMILES string of the molecule is CCCCC(=C/[Si](CC)(CC)CC)/C=C/C(=O)OCC. The van der Waals surface area contributed by atoms with E-state index in [4.69, 9.17) is 4.74 Å². The Morgan fingerprint density at radius 3 is 2.05 bits per heavy atom. The van der Waals surface area contributed by atoms with Crippen LogP contribution in [0.3, 0.4) is 0 Å². The van der Waals surface area contributed by atoms with E-state index in [2.05, 4.69) is 33.4 Å². The van der Waals surface area contributed by atoms with E-state index in [1.807, 2.05) is 13.0 Å². The molecule has 0 radical (unpaired) electrons. The molecular formula is C17H32O2Si. The van der Waals surface area contributed by atoms with Gasteiger partial charge in [-0.25, -0.2) is 4.79 Å². The Bertz CT molecular complexity index is 320. The Morgan fingerprint density at radius 1 is 1.00 bits per heavy atom. The van der Waals surface area contributed by atoms with Crippen LogP contribution in [0.25, 0.3) is 0 Å². The lowest BCUT2D eigenvalue weighted by atomic mass is 10.1. The fraction of sp³-hybridized carbons (Fsp3) is 0.706. The van der Waals surface area contributed by atoms with Crippen molar-refractivity contribution in [3.8, 4) is 0 Å². The quantitative estimate of drug-likeness (QED) is 0.237. The van der Waals surface area contributed by atoms with Crippen LogP contribution in [-0.4, -0.2) is 20.7 Å². The van der Waals surface area contributed by atoms with Gasteiger partial charge in [0.2, 0.25) is 0 Å². The van der Waals surface area contributed by atoms with Crippen molar-refractivity contribution in [2.45, 2.75) is 72.0 Å². The minimum atomic E-state index is -1.29. The molecule has 3 heteroatoms. The summed E-state index contributed by atoms with van der Waals surface area (Å²) in [4.78, 5) is 11.5. The molecular weight excluding hydrogens is 264 g/mol. The molecule has 0 aromatic carbocycles. The second-order valence-electron chi connectivity index (χ2n) is 5.33. The van der Waals surface area contributed by atoms with E-state index in [0.717, 1.165) is 6.42 Å². The third kappa shape index (κ3) is 7.08. The van der Waals surface area contributed by atoms with Crippen LogP contribution in [0.4, 0.5) is 0 Å². The number of carbonyl (C=O) groups is 1. The first kappa shape index (κ1) is 19.2. The summed E-state index contributed by atoms with van der Waals surface area (Å²) in [7, 11) is -1.29. The Kier molecular flexibility index (Phi) is 10.4. The molecule has 116 valence electrons. The normalized spacial score (nSPS) is 12.9. The summed E-state index contributed by atoms with van der Waals surface area (Å²) in [6.45, 7) is 11.4. The van der Waals surface area contributed by atoms with Crippen molar-refractivity contribution in [2.75, 3.05) is 6.61 Å². The molecule has 20 heavy (non-hydrogen) atoms. The summed E-state index contributed by atoms with van der Waals surface area (Å²) in [6.07, 6.45) is 7.01. The first-order valence-electron chi connectivity index (χ1n) is 8.13. The van der Waals surface area contributed by atoms with E-state index in [0.29, 0.717) is 6.61 Å². The monoisotopic (exact) mass is 296 g/mol. The van der Waals surface area contributed by atoms with Gasteiger partial charge in [0.25, 0.3) is 0 Å². The summed E-state index contributed by atoms with van der Waals surface area (Å²) in [6, 6.07) is 3.84. The van der Waals surface area contributed by atoms with Gasteiger partial charge in [0.15, 0.2) is 0 Å². The average Bonchev–Trinajstić information content (AvgIpc) is 2.47. The molecule has 0 atom stereocenters. The van der Waals surface area contributed by atoms with Crippen molar-refractivity contribution in [3.63, 3.8) is 0 Å². The number of carbonyl (C=O) groups excluding carboxylic acids is 1. The molecule has 2 nitrogen and oxygen atoms in total. The van der Waals surface area contributed by atoms with Crippen LogP contribution < -0.4 is 0 Å². The topological polar surface area (TPSA) is 26.3 Å². The van der Waals surface area contributed by atoms with E-state index >= 15 is 0 Å². The number of unbranched alkanes of at least 4 members (excludes halogenated alkanes) is 1. The Balaban J connectivity index is 5.07. The zero-order valence-corrected chi connectivity index (χ0v) is 15.0. The molecule has 0 amide bonds. The maximum Gasteiger partial charge on any atom is 0.330 e. The summed E-state index contributed by atoms with van der Waals surface area (Å²) >= 11 is 0. The lowest BCUT2D eigenvalue weighted by molar-refractivity contribution is -0.137. The lowest BCUT2D eigenvalue weighted by Crippen LogP contribution is -2.29. The molecule has 0 saturated carbocycles. The number of ether oxygens (including phenoxy) is 1. The second kappa shape index (κ2) is 10.9. The third-order valence-corrected chi connectivity index (χ3v) is 9.35. The second-order valence-corrected chi connectivity index (χ2v) is 10.5. The molecule has 0 rings (SSSR count). The minimum absolute atomic E-state index is 0.230. The molecule has 0 N–H and O–H groups in total. The molecule has 0 aromatic heterocycles. The van der Waals surface area contributed by atoms with E-state index < -0.39 is 8.07 Å². The van der Waals surface area contributed by atoms with E-state index in [9.17, 15) is 4.79 Å². The Hall–Kier alpha value is -0.833. The van der Waals surface area contributed by atoms with Crippen LogP contribution in [0.15, 0.2) is 23.4 Å². The molecule has 0 saturated heterocycles. The van der Waals surface area contributed by atoms with Crippen LogP contribution in [0.5, 0.6) is 0 Å². The van der Waals surface area contributed by atoms with Crippen molar-refractivity contribution in [2.24, 2.45) is 0 Å². The van der Waals surface area contributed by atoms with E-state index in [-0.39, 0.29) is 5.97 Å². The maximum absolute atomic E-state index is 11.5. The molecule has 0 aliphatic rings. The van der Waals surface area contributed by atoms with Gasteiger partial charge in [-0.05, 0) is 19.8 Å². The van der Waals surface area contributed by atoms with Crippen LogP contribution >= 0.6 is 0 Å². The molecule has 0 aromatic rings. The zero-order valence-electron chi connectivity index (χ0n) is 14.0. The van der Waals surface area contributed by atoms with Crippen LogP contribution in [0.2, 0.25) is 18.1 Å². The van der Waals surface area contributed by atoms with Crippen molar-refractivity contribution in [1.29, 1.82) is 0 Å². The Labute approximate surface area is 126 Å². The molecule has 0 fully saturated rings. The molecule has 0 spiro atoms. The van der Waals surface area contributed by atoms with Gasteiger partial charge in [-0.3, -0.25) is 0 Å². The van der Waals surface area contributed by atoms with Crippen molar-refractivity contribution in [3.05, 3.63) is 23.4 Å². The summed E-state index contributed by atoms with van der Waals surface area (Å²) in [5.41, 5.74) is 3.86. The third-order valence-electron chi connectivity index (χ3n) is 4.14. The van der Waals surface area contributed by atoms with Gasteiger partial charge in [-0.2, -0.15) is 0 Å². The maximum atomic E-state index is 11.5. The molecule has 0 aliphatic heterocycles. The van der Waals surface area contributed by atoms with Crippen LogP contribution in [-0.2, 0) is 9.53 Å². The van der Waals surface area contributed by atoms with Gasteiger partial charge in [0, 0.05) is 6.08 Å². The average molecular weight is 297 g/mol. The fourth-order valence-electron chi connectivity index (χ4n) is 2.40. The van der Waals surface area contributed by atoms with E-state index in [1.165, 1.54) is 36.5 Å². The summed E-state index contributed by atoms with van der Waals surface area (Å²) in [5.74, 6) is -0.230. The molecule has 0 unspecified atom stereocenters. The first-order chi connectivity index (χ1) is 9.57. The largest absolute Gasteiger partial charge is 0.463 e. The standard InChI is InChI=1S/C17H32O2Si/c1-6-11-12-16(13-14-17(18)19-7-2)15-20(8-3,9-4)10-5/h13-15H,6-12H2,1-5H3/b14-13+,16-15-. The van der Waals surface area contributed by atoms with Gasteiger partial charge >= 0.3 is 5.97 Å². The van der Waals surface area contributed by atoms with Crippen molar-refractivity contribution in [1.82, 2.24) is 0 Å². The summed E-state index contributed by atoms with van der Waals surface area (Å²) < 4.78 is 4.96. The number of hydrogen-bond acceptors (Lipinski definition) is 2. The van der Waals surface area contributed by atoms with Gasteiger partial charge < -0.3 is 4.74 Å². The summed E-state index contributed by atoms with van der Waals surface area (Å²) in [5, 5.41) is 0. The molecule has 0 bridgehead atoms. The lowest BCUT2D eigenvalue weighted by Gasteiger charge is -2.25. The first-order valence-corrected chi connectivity index (χ1v) is 10.8. The Morgan fingerprint density at radius 2 is 1.60 bits per heavy atom. The van der Waals surface area contributed by atoms with Crippen LogP contribution in [0.1, 0.15) is 53.9 Å². The predicted molar refractivity (Wildman–Crippen MR) is 90.6 cm³/mol. The van der Waals surface area contributed by atoms with Gasteiger partial charge in [0.05, 0.1) is 14.7 Å². The minimum Gasteiger partial charge on any atom is -0.463 e. The highest BCUT2D eigenvalue weighted by molar-refractivity contribution is 6.84. The van der Waals surface area contributed by atoms with Gasteiger partial charge in [0.1, 0.15) is 0 Å². The number of rotatable bonds is 10. The van der Waals surface area contributed by atoms with Gasteiger partial charge in [-0.1, -0.05) is 69.6 Å². The van der Waals surface area contributed by atoms with Gasteiger partial charge in [-0.15, -0.1) is 0 Å². The predicted octanol–water partition coefficient (Wildman–Crippen LogP) is 5.27. The highest BCUT2D eigenvalue weighted by atomic mass is 28.3. The number of hydrogen-bond donors (Lipinski definition) is 0. The highest BCUT2D eigenvalue weighted by Gasteiger charge is 2.24. The van der Waals surface area contributed by atoms with Crippen molar-refractivity contribution >= 4 is 14.0 Å². The van der Waals surface area contributed by atoms with Crippen LogP contribution in [0, 0.1) is 0 Å². The fourth-order valence-corrected chi connectivity index (χ4v) is 5.54. The van der Waals surface area contributed by atoms with E-state index in [1.54, 1.807) is 6.08 Å². The highest BCUT2D eigenvalue weighted by Crippen LogP contribution is 2.25. The smallest absolute Gasteiger partial charge is 0.330 e.